The van der Waals surface area contributed by atoms with Crippen LogP contribution in [0.3, 0.4) is 0 Å². The normalized spacial score (nSPS) is 10.3. The lowest BCUT2D eigenvalue weighted by Crippen LogP contribution is -2.24. The van der Waals surface area contributed by atoms with Crippen molar-refractivity contribution < 1.29 is 10.2 Å². The minimum Gasteiger partial charge on any atom is -0.494 e. The maximum Gasteiger partial charge on any atom is 0.271 e. The summed E-state index contributed by atoms with van der Waals surface area (Å²) in [6.07, 6.45) is -0.0546. The van der Waals surface area contributed by atoms with Gasteiger partial charge in [-0.3, -0.25) is 18.7 Å². The van der Waals surface area contributed by atoms with Crippen molar-refractivity contribution >= 4 is 0 Å². The fourth-order valence-corrected chi connectivity index (χ4v) is 2.75. The van der Waals surface area contributed by atoms with E-state index in [0.29, 0.717) is 0 Å². The first-order chi connectivity index (χ1) is 11.7. The van der Waals surface area contributed by atoms with Crippen LogP contribution in [-0.2, 0) is 20.5 Å². The van der Waals surface area contributed by atoms with Gasteiger partial charge < -0.3 is 10.2 Å². The topological polar surface area (TPSA) is 132 Å². The highest BCUT2D eigenvalue weighted by Crippen LogP contribution is 2.29. The molecule has 0 atom stereocenters. The molecular weight excluding hydrogens is 324 g/mol. The second-order valence-electron chi connectivity index (χ2n) is 5.73. The molecule has 0 radical (unpaired) electrons. The quantitative estimate of drug-likeness (QED) is 0.815. The number of nitrogens with zero attached hydrogens (tertiary/aromatic N) is 4. The van der Waals surface area contributed by atoms with E-state index in [-0.39, 0.29) is 51.6 Å². The molecule has 8 nitrogen and oxygen atoms in total. The average molecular weight is 340 g/mol. The van der Waals surface area contributed by atoms with E-state index in [9.17, 15) is 30.3 Å². The lowest BCUT2D eigenvalue weighted by molar-refractivity contribution is 0.408. The summed E-state index contributed by atoms with van der Waals surface area (Å²) in [5.41, 5.74) is -0.376. The molecule has 2 aromatic heterocycles. The highest BCUT2D eigenvalue weighted by atomic mass is 16.3. The Morgan fingerprint density at radius 1 is 0.840 bits per heavy atom. The van der Waals surface area contributed by atoms with Crippen LogP contribution in [0.1, 0.15) is 33.4 Å². The predicted octanol–water partition coefficient (Wildman–Crippen LogP) is 0.446. The third kappa shape index (κ3) is 2.54. The summed E-state index contributed by atoms with van der Waals surface area (Å²) in [4.78, 5) is 24.0. The van der Waals surface area contributed by atoms with Crippen molar-refractivity contribution in [3.8, 4) is 23.9 Å². The Balaban J connectivity index is 2.84. The van der Waals surface area contributed by atoms with Gasteiger partial charge in [-0.25, -0.2) is 0 Å². The van der Waals surface area contributed by atoms with Gasteiger partial charge in [-0.15, -0.1) is 0 Å². The van der Waals surface area contributed by atoms with Crippen molar-refractivity contribution in [3.63, 3.8) is 0 Å². The number of rotatable bonds is 2. The van der Waals surface area contributed by atoms with Crippen molar-refractivity contribution in [2.24, 2.45) is 14.1 Å². The summed E-state index contributed by atoms with van der Waals surface area (Å²) < 4.78 is 1.89. The largest absolute Gasteiger partial charge is 0.494 e. The minimum absolute atomic E-state index is 0.0546. The number of aromatic nitrogens is 2. The molecule has 0 spiro atoms. The Kier molecular flexibility index (Phi) is 4.40. The maximum absolute atomic E-state index is 12.0. The average Bonchev–Trinajstić information content (AvgIpc) is 2.58. The highest BCUT2D eigenvalue weighted by Gasteiger charge is 2.22. The van der Waals surface area contributed by atoms with E-state index in [1.165, 1.54) is 27.9 Å². The van der Waals surface area contributed by atoms with E-state index < -0.39 is 11.1 Å². The predicted molar refractivity (Wildman–Crippen MR) is 88.4 cm³/mol. The molecule has 0 aliphatic rings. The van der Waals surface area contributed by atoms with Crippen LogP contribution < -0.4 is 11.1 Å². The number of aromatic hydroxyl groups is 2. The molecule has 0 bridgehead atoms. The third-order valence-corrected chi connectivity index (χ3v) is 4.44. The Hall–Kier alpha value is -3.52. The Labute approximate surface area is 143 Å². The molecule has 0 saturated heterocycles. The molecule has 25 heavy (non-hydrogen) atoms. The van der Waals surface area contributed by atoms with Crippen molar-refractivity contribution in [1.82, 2.24) is 9.13 Å². The van der Waals surface area contributed by atoms with Crippen LogP contribution in [0.4, 0.5) is 0 Å². The molecule has 128 valence electrons. The van der Waals surface area contributed by atoms with Crippen LogP contribution in [-0.4, -0.2) is 19.3 Å². The zero-order valence-electron chi connectivity index (χ0n) is 14.2. The molecule has 0 aliphatic heterocycles. The number of hydrogen-bond acceptors (Lipinski definition) is 6. The lowest BCUT2D eigenvalue weighted by atomic mass is 9.95. The summed E-state index contributed by atoms with van der Waals surface area (Å²) in [7, 11) is 2.66. The first kappa shape index (κ1) is 17.8. The van der Waals surface area contributed by atoms with Gasteiger partial charge in [0.25, 0.3) is 11.1 Å². The van der Waals surface area contributed by atoms with Crippen molar-refractivity contribution in [1.29, 1.82) is 10.5 Å². The lowest BCUT2D eigenvalue weighted by Gasteiger charge is -2.17. The molecule has 0 unspecified atom stereocenters. The molecule has 0 aliphatic carbocycles. The van der Waals surface area contributed by atoms with E-state index in [4.69, 9.17) is 0 Å². The Morgan fingerprint density at radius 2 is 1.16 bits per heavy atom. The summed E-state index contributed by atoms with van der Waals surface area (Å²) in [6.45, 7) is 3.04. The van der Waals surface area contributed by atoms with Crippen molar-refractivity contribution in [2.75, 3.05) is 0 Å². The van der Waals surface area contributed by atoms with Gasteiger partial charge in [0, 0.05) is 31.6 Å². The number of nitriles is 2. The van der Waals surface area contributed by atoms with E-state index in [2.05, 4.69) is 0 Å². The highest BCUT2D eigenvalue weighted by molar-refractivity contribution is 5.52. The van der Waals surface area contributed by atoms with Crippen molar-refractivity contribution in [2.45, 2.75) is 20.3 Å². The van der Waals surface area contributed by atoms with Crippen LogP contribution in [0.15, 0.2) is 9.59 Å². The fraction of sp³-hybridized carbons (Fsp3) is 0.294. The molecule has 8 heteroatoms. The molecule has 0 amide bonds. The van der Waals surface area contributed by atoms with E-state index in [1.807, 2.05) is 12.1 Å². The molecule has 2 aromatic rings. The molecular formula is C17H16N4O4. The van der Waals surface area contributed by atoms with Gasteiger partial charge in [0.15, 0.2) is 11.8 Å². The van der Waals surface area contributed by atoms with Crippen LogP contribution in [0.25, 0.3) is 0 Å². The monoisotopic (exact) mass is 340 g/mol. The standard InChI is InChI=1S/C17H16N4O4/c1-8-10(14(22)20(3)16(24)12(8)6-18)5-11-9(2)13(7-19)17(25)21(4)15(11)23/h22-23H,5H2,1-4H3. The Bertz CT molecular complexity index is 1010. The molecule has 0 saturated carbocycles. The smallest absolute Gasteiger partial charge is 0.271 e. The van der Waals surface area contributed by atoms with Gasteiger partial charge in [0.2, 0.25) is 0 Å². The van der Waals surface area contributed by atoms with Crippen LogP contribution in [0.5, 0.6) is 11.8 Å². The van der Waals surface area contributed by atoms with Crippen LogP contribution >= 0.6 is 0 Å². The zero-order valence-corrected chi connectivity index (χ0v) is 14.2. The maximum atomic E-state index is 12.0. The zero-order chi connectivity index (χ0) is 19.0. The molecule has 0 fully saturated rings. The first-order valence-electron chi connectivity index (χ1n) is 7.30. The van der Waals surface area contributed by atoms with Crippen LogP contribution in [0.2, 0.25) is 0 Å². The van der Waals surface area contributed by atoms with E-state index in [0.717, 1.165) is 9.13 Å². The van der Waals surface area contributed by atoms with Crippen molar-refractivity contribution in [3.05, 3.63) is 54.1 Å². The number of pyridine rings is 2. The third-order valence-electron chi connectivity index (χ3n) is 4.44. The minimum atomic E-state index is -0.625. The second kappa shape index (κ2) is 6.17. The molecule has 2 N–H and O–H groups in total. The van der Waals surface area contributed by atoms with Crippen LogP contribution in [0, 0.1) is 36.5 Å². The van der Waals surface area contributed by atoms with E-state index >= 15 is 0 Å². The van der Waals surface area contributed by atoms with Gasteiger partial charge in [-0.05, 0) is 25.0 Å². The van der Waals surface area contributed by atoms with Gasteiger partial charge >= 0.3 is 0 Å². The molecule has 2 rings (SSSR count). The summed E-state index contributed by atoms with van der Waals surface area (Å²) in [5, 5.41) is 39.0. The van der Waals surface area contributed by atoms with Gasteiger partial charge in [0.1, 0.15) is 23.3 Å². The summed E-state index contributed by atoms with van der Waals surface area (Å²) >= 11 is 0. The van der Waals surface area contributed by atoms with Gasteiger partial charge in [0.05, 0.1) is 0 Å². The Morgan fingerprint density at radius 3 is 1.44 bits per heavy atom. The number of hydrogen-bond donors (Lipinski definition) is 2. The second-order valence-corrected chi connectivity index (χ2v) is 5.73. The molecule has 2 heterocycles. The molecule has 0 aromatic carbocycles. The van der Waals surface area contributed by atoms with Gasteiger partial charge in [-0.2, -0.15) is 10.5 Å². The SMILES string of the molecule is Cc1c(Cc2c(C)c(C#N)c(=O)n(C)c2O)c(O)n(C)c(=O)c1C#N. The summed E-state index contributed by atoms with van der Waals surface area (Å²) in [6, 6.07) is 3.63. The van der Waals surface area contributed by atoms with E-state index in [1.54, 1.807) is 0 Å². The summed E-state index contributed by atoms with van der Waals surface area (Å²) in [5.74, 6) is -0.680. The fourth-order valence-electron chi connectivity index (χ4n) is 2.75. The first-order valence-corrected chi connectivity index (χ1v) is 7.30. The van der Waals surface area contributed by atoms with Gasteiger partial charge in [-0.1, -0.05) is 0 Å².